The van der Waals surface area contributed by atoms with Crippen LogP contribution in [0.5, 0.6) is 0 Å². The first-order valence-electron chi connectivity index (χ1n) is 6.62. The van der Waals surface area contributed by atoms with Gasteiger partial charge in [-0.2, -0.15) is 0 Å². The van der Waals surface area contributed by atoms with E-state index in [1.54, 1.807) is 6.92 Å². The Bertz CT molecular complexity index is 624. The van der Waals surface area contributed by atoms with Gasteiger partial charge in [-0.05, 0) is 27.2 Å². The zero-order valence-electron chi connectivity index (χ0n) is 12.4. The quantitative estimate of drug-likeness (QED) is 0.595. The average Bonchev–Trinajstić information content (AvgIpc) is 3.02. The molecule has 0 aromatic carbocycles. The lowest BCUT2D eigenvalue weighted by molar-refractivity contribution is -0.142. The Balaban J connectivity index is 2.03. The lowest BCUT2D eigenvalue weighted by Crippen LogP contribution is -2.17. The number of thioether (sulfide) groups is 1. The van der Waals surface area contributed by atoms with Crippen LogP contribution >= 0.6 is 23.1 Å². The summed E-state index contributed by atoms with van der Waals surface area (Å²) in [6.45, 7) is 7.97. The molecule has 0 fully saturated rings. The van der Waals surface area contributed by atoms with Crippen LogP contribution in [0.25, 0.3) is 10.8 Å². The number of aromatic nitrogens is 3. The maximum Gasteiger partial charge on any atom is 0.319 e. The number of thiazole rings is 1. The Labute approximate surface area is 131 Å². The van der Waals surface area contributed by atoms with Gasteiger partial charge in [0.1, 0.15) is 10.1 Å². The van der Waals surface area contributed by atoms with Gasteiger partial charge in [-0.1, -0.05) is 18.7 Å². The van der Waals surface area contributed by atoms with E-state index in [0.29, 0.717) is 17.7 Å². The van der Waals surface area contributed by atoms with E-state index in [1.165, 1.54) is 23.1 Å². The van der Waals surface area contributed by atoms with Crippen LogP contribution in [0.3, 0.4) is 0 Å². The van der Waals surface area contributed by atoms with Crippen molar-refractivity contribution in [1.29, 1.82) is 0 Å². The Kier molecular flexibility index (Phi) is 5.35. The van der Waals surface area contributed by atoms with Crippen molar-refractivity contribution in [1.82, 2.24) is 15.2 Å². The maximum absolute atomic E-state index is 11.7. The highest BCUT2D eigenvalue weighted by Gasteiger charge is 2.21. The SMILES string of the molecule is CCCOC(=O)[C@H](C)Sc1nnc(-c2sc(C)nc2C)o1. The second-order valence-corrected chi connectivity index (χ2v) is 6.94. The molecule has 0 saturated heterocycles. The summed E-state index contributed by atoms with van der Waals surface area (Å²) in [5, 5.41) is 8.91. The second-order valence-electron chi connectivity index (χ2n) is 4.45. The molecule has 0 aliphatic heterocycles. The number of rotatable bonds is 6. The van der Waals surface area contributed by atoms with Crippen molar-refractivity contribution < 1.29 is 13.9 Å². The highest BCUT2D eigenvalue weighted by molar-refractivity contribution is 8.00. The fourth-order valence-corrected chi connectivity index (χ4v) is 3.12. The molecule has 2 aromatic rings. The zero-order valence-corrected chi connectivity index (χ0v) is 14.0. The first-order chi connectivity index (χ1) is 10.0. The summed E-state index contributed by atoms with van der Waals surface area (Å²) >= 11 is 2.71. The molecule has 0 aliphatic carbocycles. The van der Waals surface area contributed by atoms with Gasteiger partial charge in [0.2, 0.25) is 0 Å². The van der Waals surface area contributed by atoms with E-state index in [2.05, 4.69) is 15.2 Å². The van der Waals surface area contributed by atoms with Gasteiger partial charge >= 0.3 is 5.97 Å². The Morgan fingerprint density at radius 2 is 2.19 bits per heavy atom. The van der Waals surface area contributed by atoms with Crippen LogP contribution in [-0.2, 0) is 9.53 Å². The third-order valence-electron chi connectivity index (χ3n) is 2.56. The molecule has 114 valence electrons. The molecule has 0 aliphatic rings. The smallest absolute Gasteiger partial charge is 0.319 e. The highest BCUT2D eigenvalue weighted by atomic mass is 32.2. The van der Waals surface area contributed by atoms with Crippen LogP contribution in [0.15, 0.2) is 9.64 Å². The molecule has 0 amide bonds. The van der Waals surface area contributed by atoms with E-state index >= 15 is 0 Å². The van der Waals surface area contributed by atoms with Gasteiger partial charge in [0.15, 0.2) is 0 Å². The van der Waals surface area contributed by atoms with Crippen molar-refractivity contribution in [2.45, 2.75) is 44.6 Å². The molecule has 0 spiro atoms. The van der Waals surface area contributed by atoms with E-state index < -0.39 is 0 Å². The Morgan fingerprint density at radius 1 is 1.43 bits per heavy atom. The number of hydrogen-bond donors (Lipinski definition) is 0. The Morgan fingerprint density at radius 3 is 2.81 bits per heavy atom. The summed E-state index contributed by atoms with van der Waals surface area (Å²) < 4.78 is 10.7. The van der Waals surface area contributed by atoms with Crippen molar-refractivity contribution >= 4 is 29.1 Å². The number of esters is 1. The van der Waals surface area contributed by atoms with E-state index in [4.69, 9.17) is 9.15 Å². The lowest BCUT2D eigenvalue weighted by atomic mass is 10.4. The van der Waals surface area contributed by atoms with Gasteiger partial charge < -0.3 is 9.15 Å². The largest absolute Gasteiger partial charge is 0.465 e. The van der Waals surface area contributed by atoms with E-state index in [1.807, 2.05) is 20.8 Å². The van der Waals surface area contributed by atoms with Crippen molar-refractivity contribution in [2.24, 2.45) is 0 Å². The van der Waals surface area contributed by atoms with Crippen molar-refractivity contribution in [3.63, 3.8) is 0 Å². The maximum atomic E-state index is 11.7. The van der Waals surface area contributed by atoms with Crippen LogP contribution in [0, 0.1) is 13.8 Å². The van der Waals surface area contributed by atoms with Crippen LogP contribution in [0.4, 0.5) is 0 Å². The van der Waals surface area contributed by atoms with E-state index in [9.17, 15) is 4.79 Å². The minimum Gasteiger partial charge on any atom is -0.465 e. The summed E-state index contributed by atoms with van der Waals surface area (Å²) in [6.07, 6.45) is 0.803. The van der Waals surface area contributed by atoms with Gasteiger partial charge in [-0.25, -0.2) is 4.98 Å². The van der Waals surface area contributed by atoms with E-state index in [0.717, 1.165) is 22.0 Å². The molecule has 0 N–H and O–H groups in total. The predicted molar refractivity (Wildman–Crippen MR) is 81.4 cm³/mol. The third-order valence-corrected chi connectivity index (χ3v) is 4.54. The molecule has 1 atom stereocenters. The topological polar surface area (TPSA) is 78.1 Å². The molecular weight excluding hydrogens is 310 g/mol. The minimum atomic E-state index is -0.380. The van der Waals surface area contributed by atoms with Crippen molar-refractivity contribution in [3.8, 4) is 10.8 Å². The fraction of sp³-hybridized carbons (Fsp3) is 0.538. The van der Waals surface area contributed by atoms with Crippen LogP contribution in [0.2, 0.25) is 0 Å². The fourth-order valence-electron chi connectivity index (χ4n) is 1.60. The number of carbonyl (C=O) groups excluding carboxylic acids is 1. The number of nitrogens with zero attached hydrogens (tertiary/aromatic N) is 3. The molecule has 0 unspecified atom stereocenters. The molecular formula is C13H17N3O3S2. The van der Waals surface area contributed by atoms with Crippen molar-refractivity contribution in [2.75, 3.05) is 6.61 Å². The standard InChI is InChI=1S/C13H17N3O3S2/c1-5-6-18-12(17)8(3)20-13-16-15-11(19-13)10-7(2)14-9(4)21-10/h8H,5-6H2,1-4H3/t8-/m0/s1. The Hall–Kier alpha value is -1.41. The first kappa shape index (κ1) is 16.0. The molecule has 2 aromatic heterocycles. The second kappa shape index (κ2) is 7.04. The summed E-state index contributed by atoms with van der Waals surface area (Å²) in [5.41, 5.74) is 0.869. The number of ether oxygens (including phenoxy) is 1. The summed E-state index contributed by atoms with van der Waals surface area (Å²) in [6, 6.07) is 0. The molecule has 0 radical (unpaired) electrons. The molecule has 8 heteroatoms. The van der Waals surface area contributed by atoms with Crippen LogP contribution in [0.1, 0.15) is 31.0 Å². The normalized spacial score (nSPS) is 12.4. The number of aryl methyl sites for hydroxylation is 2. The van der Waals surface area contributed by atoms with Crippen LogP contribution < -0.4 is 0 Å². The highest BCUT2D eigenvalue weighted by Crippen LogP contribution is 2.31. The zero-order chi connectivity index (χ0) is 15.4. The van der Waals surface area contributed by atoms with Gasteiger partial charge in [0.25, 0.3) is 11.1 Å². The van der Waals surface area contributed by atoms with Gasteiger partial charge in [0.05, 0.1) is 17.3 Å². The van der Waals surface area contributed by atoms with Crippen molar-refractivity contribution in [3.05, 3.63) is 10.7 Å². The molecule has 0 saturated carbocycles. The predicted octanol–water partition coefficient (Wildman–Crippen LogP) is 3.24. The van der Waals surface area contributed by atoms with E-state index in [-0.39, 0.29) is 11.2 Å². The number of hydrogen-bond acceptors (Lipinski definition) is 8. The third kappa shape index (κ3) is 4.04. The van der Waals surface area contributed by atoms with Gasteiger partial charge in [-0.15, -0.1) is 21.5 Å². The monoisotopic (exact) mass is 327 g/mol. The minimum absolute atomic E-state index is 0.272. The average molecular weight is 327 g/mol. The molecule has 0 bridgehead atoms. The van der Waals surface area contributed by atoms with Gasteiger partial charge in [-0.3, -0.25) is 4.79 Å². The molecule has 2 heterocycles. The summed E-state index contributed by atoms with van der Waals surface area (Å²) in [7, 11) is 0. The lowest BCUT2D eigenvalue weighted by Gasteiger charge is -2.07. The summed E-state index contributed by atoms with van der Waals surface area (Å²) in [4.78, 5) is 16.9. The number of carbonyl (C=O) groups is 1. The summed E-state index contributed by atoms with van der Waals surface area (Å²) in [5.74, 6) is 0.168. The molecule has 2 rings (SSSR count). The van der Waals surface area contributed by atoms with Crippen LogP contribution in [-0.4, -0.2) is 33.0 Å². The first-order valence-corrected chi connectivity index (χ1v) is 8.32. The van der Waals surface area contributed by atoms with Gasteiger partial charge in [0, 0.05) is 0 Å². The molecule has 6 nitrogen and oxygen atoms in total. The molecule has 21 heavy (non-hydrogen) atoms.